The molecule has 12 heteroatoms. The number of carbonyl (C=O) groups excluding carboxylic acids is 1. The number of halogens is 3. The molecule has 3 N–H and O–H groups in total. The van der Waals surface area contributed by atoms with Gasteiger partial charge < -0.3 is 24.9 Å². The zero-order chi connectivity index (χ0) is 22.8. The highest BCUT2D eigenvalue weighted by molar-refractivity contribution is 7.46. The SMILES string of the molecule is CCN(CC)CC.CCN(CC)CC.O=C(NCCOP(=O)(O)O)C(F)(F)F. The lowest BCUT2D eigenvalue weighted by Gasteiger charge is -2.13. The van der Waals surface area contributed by atoms with Crippen LogP contribution in [0.25, 0.3) is 0 Å². The molecule has 0 bridgehead atoms. The molecule has 0 fully saturated rings. The van der Waals surface area contributed by atoms with E-state index in [4.69, 9.17) is 9.79 Å². The predicted molar refractivity (Wildman–Crippen MR) is 104 cm³/mol. The molecule has 0 aromatic carbocycles. The van der Waals surface area contributed by atoms with Gasteiger partial charge in [-0.05, 0) is 39.3 Å². The lowest BCUT2D eigenvalue weighted by atomic mass is 10.5. The van der Waals surface area contributed by atoms with Gasteiger partial charge in [0.2, 0.25) is 0 Å². The average Bonchev–Trinajstić information content (AvgIpc) is 2.61. The second kappa shape index (κ2) is 18.3. The molecule has 0 saturated heterocycles. The van der Waals surface area contributed by atoms with Crippen LogP contribution in [0.3, 0.4) is 0 Å². The summed E-state index contributed by atoms with van der Waals surface area (Å²) in [5.41, 5.74) is 0. The van der Waals surface area contributed by atoms with Gasteiger partial charge in [-0.15, -0.1) is 0 Å². The third-order valence-electron chi connectivity index (χ3n) is 3.59. The van der Waals surface area contributed by atoms with Crippen molar-refractivity contribution in [2.24, 2.45) is 0 Å². The summed E-state index contributed by atoms with van der Waals surface area (Å²) in [6.07, 6.45) is -5.01. The van der Waals surface area contributed by atoms with E-state index in [9.17, 15) is 22.5 Å². The number of hydrogen-bond donors (Lipinski definition) is 3. The van der Waals surface area contributed by atoms with Crippen LogP contribution in [-0.4, -0.2) is 84.1 Å². The second-order valence-electron chi connectivity index (χ2n) is 5.32. The topological polar surface area (TPSA) is 102 Å². The number of phosphoric ester groups is 1. The molecule has 0 aliphatic carbocycles. The fraction of sp³-hybridized carbons (Fsp3) is 0.938. The Hall–Kier alpha value is -0.710. The quantitative estimate of drug-likeness (QED) is 0.355. The number of rotatable bonds is 10. The zero-order valence-electron chi connectivity index (χ0n) is 17.8. The zero-order valence-corrected chi connectivity index (χ0v) is 18.6. The molecule has 8 nitrogen and oxygen atoms in total. The number of nitrogens with one attached hydrogen (secondary N) is 1. The van der Waals surface area contributed by atoms with Crippen molar-refractivity contribution in [1.82, 2.24) is 15.1 Å². The second-order valence-corrected chi connectivity index (χ2v) is 6.56. The first kappa shape index (κ1) is 32.0. The Morgan fingerprint density at radius 1 is 0.893 bits per heavy atom. The molecule has 0 spiro atoms. The minimum absolute atomic E-state index is 0.635. The van der Waals surface area contributed by atoms with Gasteiger partial charge in [-0.1, -0.05) is 41.5 Å². The standard InChI is InChI=1S/2C6H15N.C4H7F3NO5P/c2*1-4-7(5-2)6-3;5-4(6,7)3(9)8-1-2-13-14(10,11)12/h2*4-6H2,1-3H3;1-2H2,(H,8,9)(H2,10,11,12). The van der Waals surface area contributed by atoms with Crippen LogP contribution < -0.4 is 5.32 Å². The van der Waals surface area contributed by atoms with Gasteiger partial charge in [0, 0.05) is 6.54 Å². The Labute approximate surface area is 166 Å². The third-order valence-corrected chi connectivity index (χ3v) is 4.11. The van der Waals surface area contributed by atoms with Gasteiger partial charge in [0.1, 0.15) is 0 Å². The fourth-order valence-corrected chi connectivity index (χ4v) is 2.10. The van der Waals surface area contributed by atoms with Gasteiger partial charge in [0.15, 0.2) is 0 Å². The molecule has 0 heterocycles. The van der Waals surface area contributed by atoms with E-state index in [0.717, 1.165) is 0 Å². The van der Waals surface area contributed by atoms with E-state index < -0.39 is 33.1 Å². The Kier molecular flexibility index (Phi) is 20.9. The van der Waals surface area contributed by atoms with Crippen molar-refractivity contribution in [3.05, 3.63) is 0 Å². The van der Waals surface area contributed by atoms with E-state index in [1.54, 1.807) is 0 Å². The van der Waals surface area contributed by atoms with Crippen LogP contribution in [0.1, 0.15) is 41.5 Å². The van der Waals surface area contributed by atoms with Crippen LogP contribution in [0.5, 0.6) is 0 Å². The van der Waals surface area contributed by atoms with Crippen molar-refractivity contribution in [2.45, 2.75) is 47.7 Å². The minimum atomic E-state index is -5.01. The van der Waals surface area contributed by atoms with Gasteiger partial charge in [-0.2, -0.15) is 13.2 Å². The molecule has 28 heavy (non-hydrogen) atoms. The summed E-state index contributed by atoms with van der Waals surface area (Å²) < 4.78 is 48.3. The van der Waals surface area contributed by atoms with Crippen LogP contribution >= 0.6 is 7.82 Å². The molecule has 172 valence electrons. The molecule has 0 saturated carbocycles. The number of amides is 1. The molecule has 1 amide bonds. The molecule has 0 aromatic heterocycles. The van der Waals surface area contributed by atoms with E-state index in [1.165, 1.54) is 44.6 Å². The summed E-state index contributed by atoms with van der Waals surface area (Å²) in [6.45, 7) is 18.9. The number of hydrogen-bond acceptors (Lipinski definition) is 5. The average molecular weight is 439 g/mol. The van der Waals surface area contributed by atoms with Gasteiger partial charge in [0.25, 0.3) is 0 Å². The van der Waals surface area contributed by atoms with Crippen molar-refractivity contribution < 1.29 is 36.8 Å². The van der Waals surface area contributed by atoms with E-state index >= 15 is 0 Å². The number of alkyl halides is 3. The van der Waals surface area contributed by atoms with Crippen molar-refractivity contribution >= 4 is 13.7 Å². The van der Waals surface area contributed by atoms with E-state index in [0.29, 0.717) is 0 Å². The maximum Gasteiger partial charge on any atom is 0.471 e. The molecule has 0 radical (unpaired) electrons. The van der Waals surface area contributed by atoms with Crippen molar-refractivity contribution in [3.63, 3.8) is 0 Å². The molecule has 0 unspecified atom stereocenters. The van der Waals surface area contributed by atoms with Crippen LogP contribution in [0.4, 0.5) is 13.2 Å². The van der Waals surface area contributed by atoms with Crippen molar-refractivity contribution in [1.29, 1.82) is 0 Å². The molecule has 0 aliphatic heterocycles. The Bertz CT molecular complexity index is 392. The number of carbonyl (C=O) groups is 1. The lowest BCUT2D eigenvalue weighted by molar-refractivity contribution is -0.173. The van der Waals surface area contributed by atoms with E-state index in [-0.39, 0.29) is 0 Å². The molecule has 0 rings (SSSR count). The smallest absolute Gasteiger partial charge is 0.346 e. The van der Waals surface area contributed by atoms with Crippen molar-refractivity contribution in [2.75, 3.05) is 52.4 Å². The van der Waals surface area contributed by atoms with Gasteiger partial charge >= 0.3 is 19.9 Å². The van der Waals surface area contributed by atoms with Gasteiger partial charge in [0.05, 0.1) is 6.61 Å². The fourth-order valence-electron chi connectivity index (χ4n) is 1.77. The first-order valence-corrected chi connectivity index (χ1v) is 10.8. The Balaban J connectivity index is -0.000000375. The molecule has 0 aromatic rings. The summed E-state index contributed by atoms with van der Waals surface area (Å²) in [5.74, 6) is -2.19. The summed E-state index contributed by atoms with van der Waals surface area (Å²) in [6, 6.07) is 0. The van der Waals surface area contributed by atoms with Gasteiger partial charge in [-0.25, -0.2) is 4.57 Å². The first-order valence-electron chi connectivity index (χ1n) is 9.32. The highest BCUT2D eigenvalue weighted by Crippen LogP contribution is 2.35. The highest BCUT2D eigenvalue weighted by Gasteiger charge is 2.38. The molecular formula is C16H37F3N3O5P. The normalized spacial score (nSPS) is 11.5. The van der Waals surface area contributed by atoms with Gasteiger partial charge in [-0.3, -0.25) is 9.32 Å². The van der Waals surface area contributed by atoms with E-state index in [2.05, 4.69) is 55.9 Å². The Morgan fingerprint density at radius 2 is 1.21 bits per heavy atom. The lowest BCUT2D eigenvalue weighted by Crippen LogP contribution is -2.38. The van der Waals surface area contributed by atoms with E-state index in [1.807, 2.05) is 0 Å². The predicted octanol–water partition coefficient (Wildman–Crippen LogP) is 2.47. The number of nitrogens with zero attached hydrogens (tertiary/aromatic N) is 2. The third kappa shape index (κ3) is 23.3. The summed E-state index contributed by atoms with van der Waals surface area (Å²) in [7, 11) is -4.70. The van der Waals surface area contributed by atoms with Crippen LogP contribution in [-0.2, 0) is 13.9 Å². The number of phosphoric acid groups is 1. The highest BCUT2D eigenvalue weighted by atomic mass is 31.2. The minimum Gasteiger partial charge on any atom is -0.346 e. The first-order chi connectivity index (χ1) is 12.8. The summed E-state index contributed by atoms with van der Waals surface area (Å²) in [4.78, 5) is 31.0. The maximum absolute atomic E-state index is 11.5. The summed E-state index contributed by atoms with van der Waals surface area (Å²) in [5, 5.41) is 1.36. The van der Waals surface area contributed by atoms with Crippen LogP contribution in [0.2, 0.25) is 0 Å². The molecular weight excluding hydrogens is 402 g/mol. The van der Waals surface area contributed by atoms with Crippen molar-refractivity contribution in [3.8, 4) is 0 Å². The van der Waals surface area contributed by atoms with Crippen LogP contribution in [0.15, 0.2) is 0 Å². The van der Waals surface area contributed by atoms with Crippen LogP contribution in [0, 0.1) is 0 Å². The Morgan fingerprint density at radius 3 is 1.39 bits per heavy atom. The summed E-state index contributed by atoms with van der Waals surface area (Å²) >= 11 is 0. The monoisotopic (exact) mass is 439 g/mol. The largest absolute Gasteiger partial charge is 0.471 e. The maximum atomic E-state index is 11.5. The molecule has 0 atom stereocenters. The molecule has 0 aliphatic rings.